The lowest BCUT2D eigenvalue weighted by Gasteiger charge is -2.30. The van der Waals surface area contributed by atoms with Crippen molar-refractivity contribution in [1.82, 2.24) is 0 Å². The zero-order valence-electron chi connectivity index (χ0n) is 16.3. The molecule has 0 saturated carbocycles. The third kappa shape index (κ3) is 3.43. The molecule has 0 radical (unpaired) electrons. The lowest BCUT2D eigenvalue weighted by Crippen LogP contribution is -2.34. The van der Waals surface area contributed by atoms with E-state index >= 15 is 0 Å². The van der Waals surface area contributed by atoms with Gasteiger partial charge < -0.3 is 0 Å². The molecule has 5 heteroatoms. The monoisotopic (exact) mass is 400 g/mol. The minimum absolute atomic E-state index is 0.234. The molecule has 4 nitrogen and oxygen atoms in total. The molecule has 0 bridgehead atoms. The number of aryl methyl sites for hydroxylation is 2. The number of benzene rings is 3. The quantitative estimate of drug-likeness (QED) is 0.633. The molecule has 3 aromatic carbocycles. The predicted octanol–water partition coefficient (Wildman–Crippen LogP) is 4.82. The summed E-state index contributed by atoms with van der Waals surface area (Å²) in [4.78, 5) is 0.255. The molecule has 0 aliphatic carbocycles. The number of nitriles is 1. The van der Waals surface area contributed by atoms with Crippen molar-refractivity contribution >= 4 is 21.3 Å². The van der Waals surface area contributed by atoms with Crippen LogP contribution >= 0.6 is 0 Å². The molecule has 144 valence electrons. The summed E-state index contributed by atoms with van der Waals surface area (Å²) < 4.78 is 28.1. The highest BCUT2D eigenvalue weighted by molar-refractivity contribution is 7.92. The standard InChI is InChI=1S/C24H20N2O2S/c1-17-3-8-20(9-4-17)22-13-14-26(24-12-7-19(16-25)15-23(22)24)29(27,28)21-10-5-18(2)6-11-21/h3-13,15H,14H2,1-2H3. The fourth-order valence-electron chi connectivity index (χ4n) is 3.49. The van der Waals surface area contributed by atoms with Gasteiger partial charge in [0.15, 0.2) is 0 Å². The lowest BCUT2D eigenvalue weighted by molar-refractivity contribution is 0.592. The maximum atomic E-state index is 13.3. The van der Waals surface area contributed by atoms with Gasteiger partial charge in [-0.2, -0.15) is 5.26 Å². The van der Waals surface area contributed by atoms with Gasteiger partial charge in [0, 0.05) is 5.56 Å². The van der Waals surface area contributed by atoms with Gasteiger partial charge in [-0.15, -0.1) is 0 Å². The van der Waals surface area contributed by atoms with Gasteiger partial charge in [-0.3, -0.25) is 4.31 Å². The van der Waals surface area contributed by atoms with Gasteiger partial charge in [0.25, 0.3) is 10.0 Å². The zero-order valence-corrected chi connectivity index (χ0v) is 17.1. The van der Waals surface area contributed by atoms with Crippen molar-refractivity contribution in [2.45, 2.75) is 18.7 Å². The molecule has 0 unspecified atom stereocenters. The Hall–Kier alpha value is -3.36. The molecule has 29 heavy (non-hydrogen) atoms. The molecule has 0 fully saturated rings. The molecule has 3 aromatic rings. The third-order valence-electron chi connectivity index (χ3n) is 5.12. The number of fused-ring (bicyclic) bond motifs is 1. The molecule has 4 rings (SSSR count). The van der Waals surface area contributed by atoms with Crippen LogP contribution in [0, 0.1) is 25.2 Å². The van der Waals surface area contributed by atoms with Crippen LogP contribution in [0.2, 0.25) is 0 Å². The molecule has 1 heterocycles. The van der Waals surface area contributed by atoms with Crippen molar-refractivity contribution in [3.05, 3.63) is 101 Å². The lowest BCUT2D eigenvalue weighted by atomic mass is 9.92. The Bertz CT molecular complexity index is 1250. The summed E-state index contributed by atoms with van der Waals surface area (Å²) in [6.45, 7) is 4.18. The fourth-order valence-corrected chi connectivity index (χ4v) is 4.92. The Labute approximate surface area is 171 Å². The molecule has 1 aliphatic rings. The second-order valence-electron chi connectivity index (χ2n) is 7.18. The summed E-state index contributed by atoms with van der Waals surface area (Å²) >= 11 is 0. The number of hydrogen-bond donors (Lipinski definition) is 0. The third-order valence-corrected chi connectivity index (χ3v) is 6.91. The molecular weight excluding hydrogens is 380 g/mol. The molecule has 1 aliphatic heterocycles. The Morgan fingerprint density at radius 1 is 0.897 bits per heavy atom. The van der Waals surface area contributed by atoms with E-state index in [1.807, 2.05) is 44.2 Å². The van der Waals surface area contributed by atoms with E-state index in [0.29, 0.717) is 11.3 Å². The van der Waals surface area contributed by atoms with Crippen molar-refractivity contribution in [3.63, 3.8) is 0 Å². The molecule has 0 amide bonds. The van der Waals surface area contributed by atoms with Gasteiger partial charge in [-0.05, 0) is 55.3 Å². The number of rotatable bonds is 3. The van der Waals surface area contributed by atoms with Crippen LogP contribution < -0.4 is 4.31 Å². The van der Waals surface area contributed by atoms with E-state index in [2.05, 4.69) is 6.07 Å². The van der Waals surface area contributed by atoms with E-state index in [-0.39, 0.29) is 11.4 Å². The summed E-state index contributed by atoms with van der Waals surface area (Å²) in [7, 11) is -3.72. The van der Waals surface area contributed by atoms with Crippen LogP contribution in [0.15, 0.2) is 77.7 Å². The van der Waals surface area contributed by atoms with Crippen molar-refractivity contribution < 1.29 is 8.42 Å². The van der Waals surface area contributed by atoms with E-state index in [1.165, 1.54) is 4.31 Å². The molecule has 0 spiro atoms. The molecule has 0 atom stereocenters. The number of anilines is 1. The Morgan fingerprint density at radius 2 is 1.52 bits per heavy atom. The first-order valence-corrected chi connectivity index (χ1v) is 10.8. The van der Waals surface area contributed by atoms with Crippen LogP contribution in [0.4, 0.5) is 5.69 Å². The van der Waals surface area contributed by atoms with Crippen molar-refractivity contribution in [2.24, 2.45) is 0 Å². The first kappa shape index (κ1) is 19.0. The van der Waals surface area contributed by atoms with E-state index in [4.69, 9.17) is 0 Å². The van der Waals surface area contributed by atoms with Crippen LogP contribution in [0.3, 0.4) is 0 Å². The number of nitrogens with zero attached hydrogens (tertiary/aromatic N) is 2. The highest BCUT2D eigenvalue weighted by atomic mass is 32.2. The average molecular weight is 401 g/mol. The fraction of sp³-hybridized carbons (Fsp3) is 0.125. The zero-order chi connectivity index (χ0) is 20.6. The van der Waals surface area contributed by atoms with E-state index < -0.39 is 10.0 Å². The highest BCUT2D eigenvalue weighted by Crippen LogP contribution is 2.38. The first-order valence-electron chi connectivity index (χ1n) is 9.31. The minimum atomic E-state index is -3.72. The average Bonchev–Trinajstić information content (AvgIpc) is 2.73. The largest absolute Gasteiger partial charge is 0.264 e. The summed E-state index contributed by atoms with van der Waals surface area (Å²) in [6.07, 6.45) is 1.92. The minimum Gasteiger partial charge on any atom is -0.262 e. The Kier molecular flexibility index (Phi) is 4.73. The Morgan fingerprint density at radius 3 is 2.14 bits per heavy atom. The number of sulfonamides is 1. The van der Waals surface area contributed by atoms with Gasteiger partial charge in [0.05, 0.1) is 28.8 Å². The highest BCUT2D eigenvalue weighted by Gasteiger charge is 2.30. The van der Waals surface area contributed by atoms with Crippen molar-refractivity contribution in [3.8, 4) is 6.07 Å². The molecular formula is C24H20N2O2S. The molecule has 0 aromatic heterocycles. The summed E-state index contributed by atoms with van der Waals surface area (Å²) in [6, 6.07) is 22.3. The second-order valence-corrected chi connectivity index (χ2v) is 9.04. The van der Waals surface area contributed by atoms with Crippen LogP contribution in [0.5, 0.6) is 0 Å². The number of hydrogen-bond acceptors (Lipinski definition) is 3. The Balaban J connectivity index is 1.86. The van der Waals surface area contributed by atoms with E-state index in [0.717, 1.165) is 27.8 Å². The van der Waals surface area contributed by atoms with Gasteiger partial charge in [-0.25, -0.2) is 8.42 Å². The molecule has 0 N–H and O–H groups in total. The molecule has 0 saturated heterocycles. The SMILES string of the molecule is Cc1ccc(C2=CCN(S(=O)(=O)c3ccc(C)cc3)c3ccc(C#N)cc32)cc1. The topological polar surface area (TPSA) is 61.2 Å². The summed E-state index contributed by atoms with van der Waals surface area (Å²) in [5.41, 5.74) is 5.92. The summed E-state index contributed by atoms with van der Waals surface area (Å²) in [5.74, 6) is 0. The first-order chi connectivity index (χ1) is 13.9. The van der Waals surface area contributed by atoms with Crippen LogP contribution in [-0.4, -0.2) is 15.0 Å². The van der Waals surface area contributed by atoms with Gasteiger partial charge in [0.2, 0.25) is 0 Å². The van der Waals surface area contributed by atoms with Crippen LogP contribution in [-0.2, 0) is 10.0 Å². The van der Waals surface area contributed by atoms with Gasteiger partial charge in [-0.1, -0.05) is 53.6 Å². The normalized spacial score (nSPS) is 13.4. The predicted molar refractivity (Wildman–Crippen MR) is 115 cm³/mol. The van der Waals surface area contributed by atoms with Crippen molar-refractivity contribution in [1.29, 1.82) is 5.26 Å². The maximum Gasteiger partial charge on any atom is 0.264 e. The summed E-state index contributed by atoms with van der Waals surface area (Å²) in [5, 5.41) is 9.36. The maximum absolute atomic E-state index is 13.3. The van der Waals surface area contributed by atoms with E-state index in [1.54, 1.807) is 42.5 Å². The van der Waals surface area contributed by atoms with Gasteiger partial charge in [0.1, 0.15) is 0 Å². The second kappa shape index (κ2) is 7.23. The smallest absolute Gasteiger partial charge is 0.262 e. The van der Waals surface area contributed by atoms with Crippen LogP contribution in [0.25, 0.3) is 5.57 Å². The van der Waals surface area contributed by atoms with E-state index in [9.17, 15) is 13.7 Å². The van der Waals surface area contributed by atoms with Crippen LogP contribution in [0.1, 0.15) is 27.8 Å². The van der Waals surface area contributed by atoms with Gasteiger partial charge >= 0.3 is 0 Å². The van der Waals surface area contributed by atoms with Crippen molar-refractivity contribution in [2.75, 3.05) is 10.8 Å².